The van der Waals surface area contributed by atoms with Crippen LogP contribution in [-0.4, -0.2) is 11.6 Å². The Morgan fingerprint density at radius 1 is 0.917 bits per heavy atom. The molecule has 0 saturated heterocycles. The third-order valence-electron chi connectivity index (χ3n) is 3.38. The lowest BCUT2D eigenvalue weighted by molar-refractivity contribution is -0.139. The second kappa shape index (κ2) is 2.68. The Morgan fingerprint density at radius 3 is 2.08 bits per heavy atom. The monoisotopic (exact) mass is 166 g/mol. The Kier molecular flexibility index (Phi) is 1.78. The van der Waals surface area contributed by atoms with Crippen molar-refractivity contribution in [2.75, 3.05) is 0 Å². The summed E-state index contributed by atoms with van der Waals surface area (Å²) >= 11 is 0. The van der Waals surface area contributed by atoms with Crippen molar-refractivity contribution < 1.29 is 9.59 Å². The summed E-state index contributed by atoms with van der Waals surface area (Å²) in [6, 6.07) is 0. The van der Waals surface area contributed by atoms with Crippen LogP contribution in [0.3, 0.4) is 0 Å². The highest BCUT2D eigenvalue weighted by Crippen LogP contribution is 2.45. The number of hydrogen-bond acceptors (Lipinski definition) is 2. The van der Waals surface area contributed by atoms with Crippen molar-refractivity contribution in [3.63, 3.8) is 0 Å². The minimum atomic E-state index is -0.185. The van der Waals surface area contributed by atoms with E-state index >= 15 is 0 Å². The highest BCUT2D eigenvalue weighted by molar-refractivity contribution is 6.41. The number of ketones is 2. The van der Waals surface area contributed by atoms with Gasteiger partial charge in [0.25, 0.3) is 0 Å². The molecular weight excluding hydrogens is 152 g/mol. The first kappa shape index (κ1) is 7.96. The van der Waals surface area contributed by atoms with Crippen molar-refractivity contribution in [1.82, 2.24) is 0 Å². The van der Waals surface area contributed by atoms with Crippen LogP contribution in [-0.2, 0) is 9.59 Å². The zero-order chi connectivity index (χ0) is 8.60. The molecule has 0 atom stereocenters. The van der Waals surface area contributed by atoms with Crippen molar-refractivity contribution in [1.29, 1.82) is 0 Å². The van der Waals surface area contributed by atoms with Crippen LogP contribution in [0.4, 0.5) is 0 Å². The molecule has 2 fully saturated rings. The van der Waals surface area contributed by atoms with Crippen LogP contribution in [0.25, 0.3) is 0 Å². The SMILES string of the molecule is O=C1CCC2(CCCCC2)C1=O. The highest BCUT2D eigenvalue weighted by atomic mass is 16.2. The normalized spacial score (nSPS) is 28.3. The minimum absolute atomic E-state index is 0.0535. The standard InChI is InChI=1S/C10H14O2/c11-8-4-7-10(9(8)12)5-2-1-3-6-10/h1-7H2. The third kappa shape index (κ3) is 1.01. The Morgan fingerprint density at radius 2 is 1.58 bits per heavy atom. The van der Waals surface area contributed by atoms with Crippen LogP contribution < -0.4 is 0 Å². The molecule has 2 saturated carbocycles. The van der Waals surface area contributed by atoms with E-state index in [-0.39, 0.29) is 17.0 Å². The van der Waals surface area contributed by atoms with Gasteiger partial charge in [-0.05, 0) is 19.3 Å². The van der Waals surface area contributed by atoms with Crippen LogP contribution in [0.15, 0.2) is 0 Å². The van der Waals surface area contributed by atoms with Gasteiger partial charge >= 0.3 is 0 Å². The van der Waals surface area contributed by atoms with Gasteiger partial charge in [-0.3, -0.25) is 9.59 Å². The van der Waals surface area contributed by atoms with Crippen LogP contribution in [0.5, 0.6) is 0 Å². The fourth-order valence-electron chi connectivity index (χ4n) is 2.58. The summed E-state index contributed by atoms with van der Waals surface area (Å²) in [5.74, 6) is -0.167. The summed E-state index contributed by atoms with van der Waals surface area (Å²) < 4.78 is 0. The van der Waals surface area contributed by atoms with Gasteiger partial charge in [0.2, 0.25) is 5.78 Å². The Bertz CT molecular complexity index is 224. The van der Waals surface area contributed by atoms with Gasteiger partial charge in [-0.25, -0.2) is 0 Å². The predicted octanol–water partition coefficient (Wildman–Crippen LogP) is 1.87. The van der Waals surface area contributed by atoms with Crippen LogP contribution in [0, 0.1) is 5.41 Å². The van der Waals surface area contributed by atoms with E-state index in [2.05, 4.69) is 0 Å². The Hall–Kier alpha value is -0.660. The predicted molar refractivity (Wildman–Crippen MR) is 44.8 cm³/mol. The van der Waals surface area contributed by atoms with Gasteiger partial charge in [0, 0.05) is 11.8 Å². The van der Waals surface area contributed by atoms with Crippen molar-refractivity contribution in [3.8, 4) is 0 Å². The number of carbonyl (C=O) groups is 2. The van der Waals surface area contributed by atoms with Gasteiger partial charge in [0.15, 0.2) is 5.78 Å². The maximum atomic E-state index is 11.5. The van der Waals surface area contributed by atoms with E-state index in [9.17, 15) is 9.59 Å². The summed E-state index contributed by atoms with van der Waals surface area (Å²) in [7, 11) is 0. The summed E-state index contributed by atoms with van der Waals surface area (Å²) in [6.07, 6.45) is 6.81. The largest absolute Gasteiger partial charge is 0.291 e. The molecule has 2 nitrogen and oxygen atoms in total. The van der Waals surface area contributed by atoms with E-state index in [1.54, 1.807) is 0 Å². The number of hydrogen-bond donors (Lipinski definition) is 0. The van der Waals surface area contributed by atoms with Gasteiger partial charge in [-0.1, -0.05) is 19.3 Å². The number of carbonyl (C=O) groups excluding carboxylic acids is 2. The Labute approximate surface area is 72.3 Å². The average Bonchev–Trinajstić information content (AvgIpc) is 2.37. The summed E-state index contributed by atoms with van der Waals surface area (Å²) in [4.78, 5) is 22.6. The smallest absolute Gasteiger partial charge is 0.204 e. The lowest BCUT2D eigenvalue weighted by Crippen LogP contribution is -2.30. The second-order valence-corrected chi connectivity index (χ2v) is 4.09. The van der Waals surface area contributed by atoms with E-state index in [1.807, 2.05) is 0 Å². The molecule has 2 heteroatoms. The van der Waals surface area contributed by atoms with Crippen molar-refractivity contribution in [2.24, 2.45) is 5.41 Å². The molecule has 0 aliphatic heterocycles. The molecule has 0 bridgehead atoms. The van der Waals surface area contributed by atoms with Gasteiger partial charge in [0.05, 0.1) is 0 Å². The van der Waals surface area contributed by atoms with Crippen LogP contribution in [0.2, 0.25) is 0 Å². The molecule has 2 aliphatic rings. The molecule has 0 heterocycles. The highest BCUT2D eigenvalue weighted by Gasteiger charge is 2.47. The molecule has 66 valence electrons. The number of Topliss-reactive ketones (excluding diaryl/α,β-unsaturated/α-hetero) is 2. The zero-order valence-corrected chi connectivity index (χ0v) is 7.27. The molecule has 0 aromatic carbocycles. The summed E-state index contributed by atoms with van der Waals surface area (Å²) in [5, 5.41) is 0. The molecule has 1 spiro atoms. The van der Waals surface area contributed by atoms with Gasteiger partial charge in [-0.15, -0.1) is 0 Å². The molecule has 0 unspecified atom stereocenters. The molecule has 0 radical (unpaired) electrons. The first-order valence-electron chi connectivity index (χ1n) is 4.82. The van der Waals surface area contributed by atoms with E-state index in [0.29, 0.717) is 6.42 Å². The summed E-state index contributed by atoms with van der Waals surface area (Å²) in [6.45, 7) is 0. The average molecular weight is 166 g/mol. The third-order valence-corrected chi connectivity index (χ3v) is 3.38. The summed E-state index contributed by atoms with van der Waals surface area (Å²) in [5.41, 5.74) is -0.185. The van der Waals surface area contributed by atoms with Crippen molar-refractivity contribution in [3.05, 3.63) is 0 Å². The van der Waals surface area contributed by atoms with Crippen LogP contribution in [0.1, 0.15) is 44.9 Å². The molecular formula is C10H14O2. The van der Waals surface area contributed by atoms with Crippen molar-refractivity contribution >= 4 is 11.6 Å². The first-order chi connectivity index (χ1) is 5.75. The lowest BCUT2D eigenvalue weighted by atomic mass is 9.72. The van der Waals surface area contributed by atoms with Crippen LogP contribution >= 0.6 is 0 Å². The Balaban J connectivity index is 2.19. The van der Waals surface area contributed by atoms with E-state index in [1.165, 1.54) is 6.42 Å². The molecule has 2 rings (SSSR count). The van der Waals surface area contributed by atoms with E-state index in [4.69, 9.17) is 0 Å². The van der Waals surface area contributed by atoms with Gasteiger partial charge < -0.3 is 0 Å². The van der Waals surface area contributed by atoms with E-state index in [0.717, 1.165) is 32.1 Å². The molecule has 0 aromatic heterocycles. The first-order valence-corrected chi connectivity index (χ1v) is 4.82. The topological polar surface area (TPSA) is 34.1 Å². The lowest BCUT2D eigenvalue weighted by Gasteiger charge is -2.30. The maximum Gasteiger partial charge on any atom is 0.204 e. The molecule has 2 aliphatic carbocycles. The van der Waals surface area contributed by atoms with Gasteiger partial charge in [-0.2, -0.15) is 0 Å². The molecule has 0 amide bonds. The van der Waals surface area contributed by atoms with E-state index < -0.39 is 0 Å². The zero-order valence-electron chi connectivity index (χ0n) is 7.27. The molecule has 0 N–H and O–H groups in total. The minimum Gasteiger partial charge on any atom is -0.291 e. The maximum absolute atomic E-state index is 11.5. The molecule has 0 aromatic rings. The fourth-order valence-corrected chi connectivity index (χ4v) is 2.58. The van der Waals surface area contributed by atoms with Crippen molar-refractivity contribution in [2.45, 2.75) is 44.9 Å². The quantitative estimate of drug-likeness (QED) is 0.515. The second-order valence-electron chi connectivity index (χ2n) is 4.09. The number of rotatable bonds is 0. The van der Waals surface area contributed by atoms with Gasteiger partial charge in [0.1, 0.15) is 0 Å². The molecule has 12 heavy (non-hydrogen) atoms. The fraction of sp³-hybridized carbons (Fsp3) is 0.800.